The number of nitrogens with one attached hydrogen (secondary N) is 1. The largest absolute Gasteiger partial charge is 0.493 e. The molecule has 0 bridgehead atoms. The molecule has 2 aromatic carbocycles. The Hall–Kier alpha value is -2.98. The molecule has 0 spiro atoms. The van der Waals surface area contributed by atoms with E-state index in [0.29, 0.717) is 59.4 Å². The van der Waals surface area contributed by atoms with Gasteiger partial charge in [-0.3, -0.25) is 0 Å². The zero-order chi connectivity index (χ0) is 22.7. The summed E-state index contributed by atoms with van der Waals surface area (Å²) in [7, 11) is -2.36. The lowest BCUT2D eigenvalue weighted by Crippen LogP contribution is -2.16. The maximum atomic E-state index is 13.9. The number of aromatic nitrogens is 2. The van der Waals surface area contributed by atoms with Crippen LogP contribution in [0.2, 0.25) is 0 Å². The molecule has 10 heteroatoms. The van der Waals surface area contributed by atoms with Gasteiger partial charge in [0.2, 0.25) is 0 Å². The molecule has 0 radical (unpaired) electrons. The molecular formula is C22H25FN4O4S. The summed E-state index contributed by atoms with van der Waals surface area (Å²) in [5.41, 5.74) is 1.64. The average Bonchev–Trinajstić information content (AvgIpc) is 3.22. The van der Waals surface area contributed by atoms with Gasteiger partial charge in [0.25, 0.3) is 0 Å². The summed E-state index contributed by atoms with van der Waals surface area (Å²) in [6, 6.07) is 7.73. The second kappa shape index (κ2) is 9.25. The van der Waals surface area contributed by atoms with E-state index >= 15 is 0 Å². The maximum absolute atomic E-state index is 13.9. The zero-order valence-corrected chi connectivity index (χ0v) is 18.9. The second-order valence-electron chi connectivity index (χ2n) is 7.63. The van der Waals surface area contributed by atoms with Gasteiger partial charge in [0.15, 0.2) is 0 Å². The Bertz CT molecular complexity index is 1250. The number of fused-ring (bicyclic) bond motifs is 1. The number of ether oxygens (including phenoxy) is 3. The predicted molar refractivity (Wildman–Crippen MR) is 122 cm³/mol. The van der Waals surface area contributed by atoms with Gasteiger partial charge in [-0.05, 0) is 25.1 Å². The van der Waals surface area contributed by atoms with Crippen LogP contribution in [0.1, 0.15) is 13.3 Å². The van der Waals surface area contributed by atoms with Gasteiger partial charge in [-0.25, -0.2) is 18.6 Å². The average molecular weight is 461 g/mol. The van der Waals surface area contributed by atoms with Crippen LogP contribution in [-0.4, -0.2) is 52.6 Å². The number of rotatable bonds is 7. The van der Waals surface area contributed by atoms with Crippen LogP contribution in [0.3, 0.4) is 0 Å². The molecule has 2 heterocycles. The minimum absolute atomic E-state index is 0.138. The minimum atomic E-state index is -2.36. The van der Waals surface area contributed by atoms with Crippen LogP contribution < -0.4 is 14.8 Å². The lowest BCUT2D eigenvalue weighted by Gasteiger charge is -2.18. The number of benzene rings is 2. The van der Waals surface area contributed by atoms with E-state index in [0.717, 1.165) is 6.42 Å². The van der Waals surface area contributed by atoms with Gasteiger partial charge in [0.05, 0.1) is 42.1 Å². The van der Waals surface area contributed by atoms with E-state index < -0.39 is 15.5 Å². The molecule has 1 aromatic heterocycles. The van der Waals surface area contributed by atoms with Crippen LogP contribution in [0.5, 0.6) is 11.5 Å². The monoisotopic (exact) mass is 460 g/mol. The highest BCUT2D eigenvalue weighted by molar-refractivity contribution is 7.92. The first kappa shape index (κ1) is 22.2. The van der Waals surface area contributed by atoms with Crippen LogP contribution in [-0.2, 0) is 14.5 Å². The summed E-state index contributed by atoms with van der Waals surface area (Å²) >= 11 is 0. The summed E-state index contributed by atoms with van der Waals surface area (Å²) < 4.78 is 47.5. The summed E-state index contributed by atoms with van der Waals surface area (Å²) in [4.78, 5) is 8.73. The van der Waals surface area contributed by atoms with Crippen LogP contribution in [0.15, 0.2) is 41.0 Å². The molecule has 1 fully saturated rings. The number of halogens is 1. The third-order valence-electron chi connectivity index (χ3n) is 4.69. The molecule has 32 heavy (non-hydrogen) atoms. The van der Waals surface area contributed by atoms with E-state index in [2.05, 4.69) is 19.6 Å². The minimum Gasteiger partial charge on any atom is -0.493 e. The van der Waals surface area contributed by atoms with Crippen LogP contribution in [0, 0.1) is 5.82 Å². The summed E-state index contributed by atoms with van der Waals surface area (Å²) in [6.45, 7) is 3.36. The molecule has 1 saturated heterocycles. The maximum Gasteiger partial charge on any atom is 0.146 e. The van der Waals surface area contributed by atoms with Gasteiger partial charge in [0.1, 0.15) is 35.6 Å². The topological polar surface area (TPSA) is 94.9 Å². The molecule has 3 aromatic rings. The van der Waals surface area contributed by atoms with Crippen molar-refractivity contribution in [1.82, 2.24) is 9.97 Å². The number of nitrogens with zero attached hydrogens (tertiary/aromatic N) is 3. The summed E-state index contributed by atoms with van der Waals surface area (Å²) in [6.07, 6.45) is 5.14. The molecule has 1 N–H and O–H groups in total. The van der Waals surface area contributed by atoms with Crippen molar-refractivity contribution in [2.45, 2.75) is 19.4 Å². The van der Waals surface area contributed by atoms with Crippen molar-refractivity contribution in [1.29, 1.82) is 0 Å². The van der Waals surface area contributed by atoms with E-state index in [1.54, 1.807) is 30.7 Å². The third-order valence-corrected chi connectivity index (χ3v) is 5.34. The predicted octanol–water partition coefficient (Wildman–Crippen LogP) is 4.44. The fourth-order valence-electron chi connectivity index (χ4n) is 3.42. The standard InChI is InChI=1S/C22H25FN4O4S/c1-4-30-20-11-15(27-32(2,3)28)10-18-21(20)22(25-13-24-18)26-17-6-5-14(23)9-19(17)31-16-7-8-29-12-16/h5-6,9-11,13,16H,4,7-8,12H2,1-3H3,(H,24,25,26). The van der Waals surface area contributed by atoms with Crippen molar-refractivity contribution in [3.05, 3.63) is 42.5 Å². The first-order valence-electron chi connectivity index (χ1n) is 10.2. The van der Waals surface area contributed by atoms with E-state index in [1.807, 2.05) is 6.92 Å². The van der Waals surface area contributed by atoms with Crippen LogP contribution in [0.25, 0.3) is 10.9 Å². The molecule has 1 aliphatic rings. The van der Waals surface area contributed by atoms with Gasteiger partial charge in [0, 0.05) is 40.8 Å². The van der Waals surface area contributed by atoms with E-state index in [9.17, 15) is 8.60 Å². The van der Waals surface area contributed by atoms with E-state index in [4.69, 9.17) is 14.2 Å². The van der Waals surface area contributed by atoms with Gasteiger partial charge in [-0.1, -0.05) is 0 Å². The zero-order valence-electron chi connectivity index (χ0n) is 18.1. The highest BCUT2D eigenvalue weighted by Crippen LogP contribution is 2.38. The highest BCUT2D eigenvalue weighted by Gasteiger charge is 2.20. The van der Waals surface area contributed by atoms with Crippen LogP contribution in [0.4, 0.5) is 21.6 Å². The molecule has 8 nitrogen and oxygen atoms in total. The van der Waals surface area contributed by atoms with Gasteiger partial charge >= 0.3 is 0 Å². The SMILES string of the molecule is CCOc1cc(N=S(C)(C)=O)cc2ncnc(Nc3ccc(F)cc3OC3CCOC3)c12. The number of hydrogen-bond donors (Lipinski definition) is 1. The molecule has 0 amide bonds. The number of hydrogen-bond acceptors (Lipinski definition) is 8. The Labute approximate surface area is 186 Å². The highest BCUT2D eigenvalue weighted by atomic mass is 32.2. The Morgan fingerprint density at radius 2 is 2.09 bits per heavy atom. The smallest absolute Gasteiger partial charge is 0.146 e. The van der Waals surface area contributed by atoms with Crippen molar-refractivity contribution in [2.75, 3.05) is 37.6 Å². The van der Waals surface area contributed by atoms with Crippen molar-refractivity contribution in [2.24, 2.45) is 4.36 Å². The normalized spacial score (nSPS) is 16.2. The van der Waals surface area contributed by atoms with Gasteiger partial charge in [-0.15, -0.1) is 0 Å². The van der Waals surface area contributed by atoms with Crippen LogP contribution >= 0.6 is 0 Å². The van der Waals surface area contributed by atoms with E-state index in [-0.39, 0.29) is 6.10 Å². The van der Waals surface area contributed by atoms with E-state index in [1.165, 1.54) is 18.5 Å². The lowest BCUT2D eigenvalue weighted by molar-refractivity contribution is 0.141. The summed E-state index contributed by atoms with van der Waals surface area (Å²) in [5.74, 6) is 0.941. The summed E-state index contributed by atoms with van der Waals surface area (Å²) in [5, 5.41) is 3.86. The Balaban J connectivity index is 1.78. The van der Waals surface area contributed by atoms with Gasteiger partial charge in [-0.2, -0.15) is 4.36 Å². The quantitative estimate of drug-likeness (QED) is 0.557. The molecule has 0 aliphatic carbocycles. The van der Waals surface area contributed by atoms with Crippen molar-refractivity contribution < 1.29 is 22.8 Å². The molecule has 0 saturated carbocycles. The molecule has 1 unspecified atom stereocenters. The van der Waals surface area contributed by atoms with Crippen molar-refractivity contribution in [3.8, 4) is 11.5 Å². The molecule has 170 valence electrons. The molecule has 4 rings (SSSR count). The third kappa shape index (κ3) is 5.25. The second-order valence-corrected chi connectivity index (χ2v) is 10.2. The Morgan fingerprint density at radius 1 is 1.25 bits per heavy atom. The van der Waals surface area contributed by atoms with Crippen molar-refractivity contribution in [3.63, 3.8) is 0 Å². The first-order valence-corrected chi connectivity index (χ1v) is 12.5. The first-order chi connectivity index (χ1) is 15.3. The fraction of sp³-hybridized carbons (Fsp3) is 0.364. The Morgan fingerprint density at radius 3 is 2.81 bits per heavy atom. The molecule has 1 aliphatic heterocycles. The molecular weight excluding hydrogens is 435 g/mol. The Kier molecular flexibility index (Phi) is 6.43. The fourth-order valence-corrected chi connectivity index (χ4v) is 4.03. The van der Waals surface area contributed by atoms with Gasteiger partial charge < -0.3 is 19.5 Å². The number of anilines is 2. The lowest BCUT2D eigenvalue weighted by atomic mass is 10.2. The van der Waals surface area contributed by atoms with Crippen molar-refractivity contribution >= 4 is 37.8 Å². The molecule has 1 atom stereocenters.